The Morgan fingerprint density at radius 2 is 1.00 bits per heavy atom. The number of hydrogen-bond donors (Lipinski definition) is 0. The summed E-state index contributed by atoms with van der Waals surface area (Å²) in [5, 5.41) is 0. The molecule has 4 aromatic rings. The second-order valence-electron chi connectivity index (χ2n) is 8.73. The normalized spacial score (nSPS) is 10.8. The summed E-state index contributed by atoms with van der Waals surface area (Å²) in [4.78, 5) is 15.1. The van der Waals surface area contributed by atoms with Crippen LogP contribution in [-0.4, -0.2) is 19.9 Å². The molecule has 0 saturated carbocycles. The van der Waals surface area contributed by atoms with Gasteiger partial charge in [0.1, 0.15) is 0 Å². The number of carbonyl (C=O) groups excluding carboxylic acids is 1. The molecule has 0 bridgehead atoms. The van der Waals surface area contributed by atoms with Crippen LogP contribution in [-0.2, 0) is 6.42 Å². The molecule has 0 aliphatic carbocycles. The van der Waals surface area contributed by atoms with E-state index in [0.717, 1.165) is 23.1 Å². The van der Waals surface area contributed by atoms with Crippen molar-refractivity contribution >= 4 is 11.5 Å². The van der Waals surface area contributed by atoms with Gasteiger partial charge in [-0.3, -0.25) is 4.79 Å². The number of unbranched alkanes of at least 4 members (excludes halogenated alkanes) is 1. The van der Waals surface area contributed by atoms with Gasteiger partial charge in [0, 0.05) is 30.9 Å². The van der Waals surface area contributed by atoms with E-state index < -0.39 is 0 Å². The molecule has 0 unspecified atom stereocenters. The average Bonchev–Trinajstić information content (AvgIpc) is 2.87. The van der Waals surface area contributed by atoms with E-state index in [0.29, 0.717) is 11.1 Å². The van der Waals surface area contributed by atoms with Crippen molar-refractivity contribution in [2.75, 3.05) is 19.0 Å². The van der Waals surface area contributed by atoms with Crippen LogP contribution in [0.25, 0.3) is 22.3 Å². The third-order valence-corrected chi connectivity index (χ3v) is 6.12. The Morgan fingerprint density at radius 1 is 0.606 bits per heavy atom. The van der Waals surface area contributed by atoms with Gasteiger partial charge in [-0.2, -0.15) is 0 Å². The van der Waals surface area contributed by atoms with E-state index >= 15 is 0 Å². The van der Waals surface area contributed by atoms with Gasteiger partial charge < -0.3 is 4.90 Å². The first kappa shape index (κ1) is 22.5. The fourth-order valence-electron chi connectivity index (χ4n) is 3.99. The summed E-state index contributed by atoms with van der Waals surface area (Å²) >= 11 is 0. The lowest BCUT2D eigenvalue weighted by Gasteiger charge is -2.13. The Bertz CT molecular complexity index is 1190. The predicted molar refractivity (Wildman–Crippen MR) is 140 cm³/mol. The molecule has 0 N–H and O–H groups in total. The maximum Gasteiger partial charge on any atom is 0.193 e. The summed E-state index contributed by atoms with van der Waals surface area (Å²) in [6.45, 7) is 2.22. The monoisotopic (exact) mass is 433 g/mol. The minimum atomic E-state index is 0.0472. The van der Waals surface area contributed by atoms with E-state index in [-0.39, 0.29) is 5.78 Å². The second kappa shape index (κ2) is 10.3. The Morgan fingerprint density at radius 3 is 1.39 bits per heavy atom. The largest absolute Gasteiger partial charge is 0.378 e. The van der Waals surface area contributed by atoms with E-state index in [2.05, 4.69) is 60.4 Å². The molecule has 0 spiro atoms. The Kier molecular flexibility index (Phi) is 7.04. The van der Waals surface area contributed by atoms with Crippen LogP contribution < -0.4 is 4.90 Å². The van der Waals surface area contributed by atoms with Crippen LogP contribution in [0, 0.1) is 0 Å². The summed E-state index contributed by atoms with van der Waals surface area (Å²) in [7, 11) is 4.07. The molecular weight excluding hydrogens is 402 g/mol. The Labute approximate surface area is 197 Å². The van der Waals surface area contributed by atoms with Gasteiger partial charge >= 0.3 is 0 Å². The zero-order valence-corrected chi connectivity index (χ0v) is 19.7. The maximum atomic E-state index is 13.0. The lowest BCUT2D eigenvalue weighted by atomic mass is 9.97. The molecule has 166 valence electrons. The Balaban J connectivity index is 1.45. The van der Waals surface area contributed by atoms with Gasteiger partial charge in [-0.25, -0.2) is 0 Å². The summed E-state index contributed by atoms with van der Waals surface area (Å²) in [6, 6.07) is 33.0. The Hall–Kier alpha value is -3.65. The van der Waals surface area contributed by atoms with Gasteiger partial charge in [0.2, 0.25) is 0 Å². The highest BCUT2D eigenvalue weighted by Gasteiger charge is 2.10. The minimum Gasteiger partial charge on any atom is -0.378 e. The van der Waals surface area contributed by atoms with Gasteiger partial charge in [-0.1, -0.05) is 98.3 Å². The van der Waals surface area contributed by atoms with Crippen LogP contribution in [0.4, 0.5) is 5.69 Å². The first-order valence-electron chi connectivity index (χ1n) is 11.7. The molecule has 0 aromatic heterocycles. The quantitative estimate of drug-likeness (QED) is 0.266. The van der Waals surface area contributed by atoms with Crippen LogP contribution in [0.15, 0.2) is 97.1 Å². The fourth-order valence-corrected chi connectivity index (χ4v) is 3.99. The zero-order valence-electron chi connectivity index (χ0n) is 19.7. The molecule has 2 heteroatoms. The standard InChI is InChI=1S/C31H31NO/c1-4-5-6-23-7-9-24(10-8-23)25-11-15-28(16-12-25)31(33)29-17-13-26(14-18-29)27-19-21-30(22-20-27)32(2)3/h7-22H,4-6H2,1-3H3. The molecule has 0 fully saturated rings. The van der Waals surface area contributed by atoms with Crippen molar-refractivity contribution in [3.63, 3.8) is 0 Å². The molecule has 0 aliphatic heterocycles. The maximum absolute atomic E-state index is 13.0. The number of aryl methyl sites for hydroxylation is 1. The number of hydrogen-bond acceptors (Lipinski definition) is 2. The molecule has 4 rings (SSSR count). The number of benzene rings is 4. The van der Waals surface area contributed by atoms with E-state index in [1.807, 2.05) is 62.6 Å². The van der Waals surface area contributed by atoms with E-state index in [4.69, 9.17) is 0 Å². The van der Waals surface area contributed by atoms with Crippen LogP contribution in [0.1, 0.15) is 41.3 Å². The molecule has 0 aliphatic rings. The molecular formula is C31H31NO. The summed E-state index contributed by atoms with van der Waals surface area (Å²) < 4.78 is 0. The highest BCUT2D eigenvalue weighted by Crippen LogP contribution is 2.25. The van der Waals surface area contributed by atoms with Crippen molar-refractivity contribution in [1.29, 1.82) is 0 Å². The lowest BCUT2D eigenvalue weighted by molar-refractivity contribution is 0.103. The highest BCUT2D eigenvalue weighted by molar-refractivity contribution is 6.09. The predicted octanol–water partition coefficient (Wildman–Crippen LogP) is 7.66. The van der Waals surface area contributed by atoms with Crippen LogP contribution in [0.5, 0.6) is 0 Å². The zero-order chi connectivity index (χ0) is 23.2. The van der Waals surface area contributed by atoms with Crippen molar-refractivity contribution in [3.8, 4) is 22.3 Å². The van der Waals surface area contributed by atoms with Gasteiger partial charge in [0.15, 0.2) is 5.78 Å². The summed E-state index contributed by atoms with van der Waals surface area (Å²) in [6.07, 6.45) is 3.56. The topological polar surface area (TPSA) is 20.3 Å². The third-order valence-electron chi connectivity index (χ3n) is 6.12. The highest BCUT2D eigenvalue weighted by atomic mass is 16.1. The minimum absolute atomic E-state index is 0.0472. The average molecular weight is 434 g/mol. The number of ketones is 1. The van der Waals surface area contributed by atoms with Crippen LogP contribution in [0.2, 0.25) is 0 Å². The molecule has 4 aromatic carbocycles. The van der Waals surface area contributed by atoms with Gasteiger partial charge in [-0.15, -0.1) is 0 Å². The molecule has 0 saturated heterocycles. The van der Waals surface area contributed by atoms with Crippen LogP contribution >= 0.6 is 0 Å². The fraction of sp³-hybridized carbons (Fsp3) is 0.194. The summed E-state index contributed by atoms with van der Waals surface area (Å²) in [5.74, 6) is 0.0472. The molecule has 0 amide bonds. The number of anilines is 1. The van der Waals surface area contributed by atoms with Crippen molar-refractivity contribution < 1.29 is 4.79 Å². The van der Waals surface area contributed by atoms with Gasteiger partial charge in [0.05, 0.1) is 0 Å². The molecule has 33 heavy (non-hydrogen) atoms. The first-order valence-corrected chi connectivity index (χ1v) is 11.7. The van der Waals surface area contributed by atoms with Crippen molar-refractivity contribution in [3.05, 3.63) is 114 Å². The van der Waals surface area contributed by atoms with Gasteiger partial charge in [0.25, 0.3) is 0 Å². The molecule has 0 radical (unpaired) electrons. The number of nitrogens with zero attached hydrogens (tertiary/aromatic N) is 1. The van der Waals surface area contributed by atoms with E-state index in [1.54, 1.807) is 0 Å². The SMILES string of the molecule is CCCCc1ccc(-c2ccc(C(=O)c3ccc(-c4ccc(N(C)C)cc4)cc3)cc2)cc1. The summed E-state index contributed by atoms with van der Waals surface area (Å²) in [5.41, 5.74) is 8.52. The number of rotatable bonds is 8. The number of carbonyl (C=O) groups is 1. The molecule has 0 heterocycles. The smallest absolute Gasteiger partial charge is 0.193 e. The second-order valence-corrected chi connectivity index (χ2v) is 8.73. The van der Waals surface area contributed by atoms with Crippen molar-refractivity contribution in [2.24, 2.45) is 0 Å². The van der Waals surface area contributed by atoms with E-state index in [1.165, 1.54) is 29.7 Å². The van der Waals surface area contributed by atoms with Crippen LogP contribution in [0.3, 0.4) is 0 Å². The molecule has 2 nitrogen and oxygen atoms in total. The van der Waals surface area contributed by atoms with Gasteiger partial charge in [-0.05, 0) is 52.8 Å². The van der Waals surface area contributed by atoms with Crippen molar-refractivity contribution in [2.45, 2.75) is 26.2 Å². The van der Waals surface area contributed by atoms with E-state index in [9.17, 15) is 4.79 Å². The first-order chi connectivity index (χ1) is 16.0. The molecule has 0 atom stereocenters. The lowest BCUT2D eigenvalue weighted by Crippen LogP contribution is -2.07. The van der Waals surface area contributed by atoms with Crippen molar-refractivity contribution in [1.82, 2.24) is 0 Å². The third kappa shape index (κ3) is 5.40.